The van der Waals surface area contributed by atoms with Crippen LogP contribution in [-0.4, -0.2) is 67.6 Å². The van der Waals surface area contributed by atoms with Crippen molar-refractivity contribution >= 4 is 17.6 Å². The fourth-order valence-electron chi connectivity index (χ4n) is 3.98. The third kappa shape index (κ3) is 3.28. The number of amides is 3. The van der Waals surface area contributed by atoms with E-state index in [1.807, 2.05) is 0 Å². The van der Waals surface area contributed by atoms with Crippen LogP contribution in [0.4, 0.5) is 14.9 Å². The van der Waals surface area contributed by atoms with E-state index in [1.54, 1.807) is 11.0 Å². The molecule has 0 spiro atoms. The number of hydrogen-bond donors (Lipinski definition) is 1. The minimum Gasteiger partial charge on any atom is -0.338 e. The van der Waals surface area contributed by atoms with E-state index in [-0.39, 0.29) is 23.0 Å². The zero-order valence-electron chi connectivity index (χ0n) is 15.7. The van der Waals surface area contributed by atoms with E-state index >= 15 is 0 Å². The SMILES string of the molecule is CCC1(N(C)C)CCN(C(=O)c2cc(N3CCNC3=O)ccc2F)CC1. The van der Waals surface area contributed by atoms with Crippen LogP contribution in [0.25, 0.3) is 0 Å². The van der Waals surface area contributed by atoms with Crippen LogP contribution >= 0.6 is 0 Å². The van der Waals surface area contributed by atoms with E-state index in [2.05, 4.69) is 31.2 Å². The van der Waals surface area contributed by atoms with Crippen molar-refractivity contribution in [3.63, 3.8) is 0 Å². The number of nitrogens with one attached hydrogen (secondary N) is 1. The van der Waals surface area contributed by atoms with E-state index in [1.165, 1.54) is 17.0 Å². The predicted octanol–water partition coefficient (Wildman–Crippen LogP) is 2.30. The van der Waals surface area contributed by atoms with Crippen molar-refractivity contribution in [2.75, 3.05) is 45.2 Å². The number of anilines is 1. The van der Waals surface area contributed by atoms with Crippen LogP contribution in [0.5, 0.6) is 0 Å². The molecule has 3 rings (SSSR count). The summed E-state index contributed by atoms with van der Waals surface area (Å²) in [5.41, 5.74) is 0.694. The Morgan fingerprint density at radius 2 is 1.96 bits per heavy atom. The minimum atomic E-state index is -0.543. The van der Waals surface area contributed by atoms with Crippen molar-refractivity contribution in [2.24, 2.45) is 0 Å². The van der Waals surface area contributed by atoms with Gasteiger partial charge in [0, 0.05) is 37.4 Å². The van der Waals surface area contributed by atoms with Gasteiger partial charge >= 0.3 is 6.03 Å². The van der Waals surface area contributed by atoms with Gasteiger partial charge in [-0.15, -0.1) is 0 Å². The van der Waals surface area contributed by atoms with Crippen LogP contribution in [0.15, 0.2) is 18.2 Å². The molecule has 1 N–H and O–H groups in total. The highest BCUT2D eigenvalue weighted by Crippen LogP contribution is 2.31. The summed E-state index contributed by atoms with van der Waals surface area (Å²) in [5, 5.41) is 2.71. The van der Waals surface area contributed by atoms with Gasteiger partial charge in [-0.2, -0.15) is 0 Å². The monoisotopic (exact) mass is 362 g/mol. The molecule has 142 valence electrons. The van der Waals surface area contributed by atoms with Crippen LogP contribution in [0.2, 0.25) is 0 Å². The molecule has 3 amide bonds. The highest BCUT2D eigenvalue weighted by atomic mass is 19.1. The largest absolute Gasteiger partial charge is 0.338 e. The highest BCUT2D eigenvalue weighted by molar-refractivity contribution is 5.98. The van der Waals surface area contributed by atoms with Gasteiger partial charge in [0.1, 0.15) is 5.82 Å². The molecule has 0 bridgehead atoms. The summed E-state index contributed by atoms with van der Waals surface area (Å²) in [5.74, 6) is -0.842. The maximum absolute atomic E-state index is 14.3. The topological polar surface area (TPSA) is 55.9 Å². The predicted molar refractivity (Wildman–Crippen MR) is 99.0 cm³/mol. The van der Waals surface area contributed by atoms with Gasteiger partial charge in [0.25, 0.3) is 5.91 Å². The van der Waals surface area contributed by atoms with Crippen molar-refractivity contribution in [3.8, 4) is 0 Å². The van der Waals surface area contributed by atoms with Gasteiger partial charge in [0.15, 0.2) is 0 Å². The van der Waals surface area contributed by atoms with Gasteiger partial charge in [0.2, 0.25) is 0 Å². The van der Waals surface area contributed by atoms with Crippen LogP contribution < -0.4 is 10.2 Å². The molecule has 0 aromatic heterocycles. The van der Waals surface area contributed by atoms with Crippen molar-refractivity contribution < 1.29 is 14.0 Å². The standard InChI is InChI=1S/C19H27FN4O2/c1-4-19(22(2)3)7-10-23(11-8-19)17(25)15-13-14(5-6-16(15)20)24-12-9-21-18(24)26/h5-6,13H,4,7-12H2,1-3H3,(H,21,26). The lowest BCUT2D eigenvalue weighted by atomic mass is 9.83. The Kier molecular flexibility index (Phi) is 5.18. The minimum absolute atomic E-state index is 0.0380. The van der Waals surface area contributed by atoms with Crippen molar-refractivity contribution in [1.82, 2.24) is 15.1 Å². The van der Waals surface area contributed by atoms with Gasteiger partial charge in [-0.25, -0.2) is 9.18 Å². The van der Waals surface area contributed by atoms with Crippen molar-refractivity contribution in [1.29, 1.82) is 0 Å². The molecule has 7 heteroatoms. The first kappa shape index (κ1) is 18.6. The van der Waals surface area contributed by atoms with Crippen LogP contribution in [-0.2, 0) is 0 Å². The fraction of sp³-hybridized carbons (Fsp3) is 0.579. The molecule has 2 aliphatic rings. The summed E-state index contributed by atoms with van der Waals surface area (Å²) in [7, 11) is 4.15. The quantitative estimate of drug-likeness (QED) is 0.894. The number of rotatable bonds is 4. The van der Waals surface area contributed by atoms with Crippen LogP contribution in [0, 0.1) is 5.82 Å². The summed E-state index contributed by atoms with van der Waals surface area (Å²) in [6.07, 6.45) is 2.77. The van der Waals surface area contributed by atoms with Crippen LogP contribution in [0.1, 0.15) is 36.5 Å². The summed E-state index contributed by atoms with van der Waals surface area (Å²) in [4.78, 5) is 30.2. The Labute approximate surface area is 153 Å². The van der Waals surface area contributed by atoms with Gasteiger partial charge in [-0.1, -0.05) is 6.92 Å². The molecule has 1 aromatic rings. The molecule has 2 aliphatic heterocycles. The summed E-state index contributed by atoms with van der Waals surface area (Å²) in [6, 6.07) is 4.10. The lowest BCUT2D eigenvalue weighted by Crippen LogP contribution is -2.53. The molecule has 2 fully saturated rings. The first-order chi connectivity index (χ1) is 12.4. The molecule has 0 radical (unpaired) electrons. The van der Waals surface area contributed by atoms with Crippen molar-refractivity contribution in [3.05, 3.63) is 29.6 Å². The Morgan fingerprint density at radius 1 is 1.27 bits per heavy atom. The number of likely N-dealkylation sites (tertiary alicyclic amines) is 1. The number of halogens is 1. The van der Waals surface area contributed by atoms with Gasteiger partial charge in [-0.3, -0.25) is 9.69 Å². The maximum atomic E-state index is 14.3. The molecule has 0 unspecified atom stereocenters. The lowest BCUT2D eigenvalue weighted by Gasteiger charge is -2.45. The number of carbonyl (C=O) groups excluding carboxylic acids is 2. The molecular formula is C19H27FN4O2. The Balaban J connectivity index is 1.77. The zero-order valence-corrected chi connectivity index (χ0v) is 15.7. The number of carbonyl (C=O) groups is 2. The molecule has 6 nitrogen and oxygen atoms in total. The number of piperidine rings is 1. The number of nitrogens with zero attached hydrogens (tertiary/aromatic N) is 3. The molecule has 0 aliphatic carbocycles. The zero-order chi connectivity index (χ0) is 18.9. The maximum Gasteiger partial charge on any atom is 0.321 e. The molecule has 1 aromatic carbocycles. The highest BCUT2D eigenvalue weighted by Gasteiger charge is 2.37. The number of hydrogen-bond acceptors (Lipinski definition) is 3. The van der Waals surface area contributed by atoms with E-state index in [4.69, 9.17) is 0 Å². The molecular weight excluding hydrogens is 335 g/mol. The normalized spacial score (nSPS) is 19.8. The summed E-state index contributed by atoms with van der Waals surface area (Å²) in [6.45, 7) is 4.46. The number of benzene rings is 1. The second-order valence-corrected chi connectivity index (χ2v) is 7.31. The van der Waals surface area contributed by atoms with Crippen molar-refractivity contribution in [2.45, 2.75) is 31.7 Å². The van der Waals surface area contributed by atoms with E-state index in [0.717, 1.165) is 19.3 Å². The molecule has 2 saturated heterocycles. The summed E-state index contributed by atoms with van der Waals surface area (Å²) < 4.78 is 14.3. The van der Waals surface area contributed by atoms with Gasteiger partial charge in [0.05, 0.1) is 5.56 Å². The Hall–Kier alpha value is -2.15. The third-order valence-corrected chi connectivity index (χ3v) is 5.94. The smallest absolute Gasteiger partial charge is 0.321 e. The third-order valence-electron chi connectivity index (χ3n) is 5.94. The van der Waals surface area contributed by atoms with Crippen LogP contribution in [0.3, 0.4) is 0 Å². The van der Waals surface area contributed by atoms with E-state index in [9.17, 15) is 14.0 Å². The first-order valence-electron chi connectivity index (χ1n) is 9.19. The second-order valence-electron chi connectivity index (χ2n) is 7.31. The van der Waals surface area contributed by atoms with E-state index in [0.29, 0.717) is 31.9 Å². The van der Waals surface area contributed by atoms with E-state index < -0.39 is 5.82 Å². The average Bonchev–Trinajstić information content (AvgIpc) is 3.07. The fourth-order valence-corrected chi connectivity index (χ4v) is 3.98. The average molecular weight is 362 g/mol. The second kappa shape index (κ2) is 7.23. The molecule has 2 heterocycles. The Morgan fingerprint density at radius 3 is 2.50 bits per heavy atom. The van der Waals surface area contributed by atoms with Gasteiger partial charge < -0.3 is 15.1 Å². The molecule has 0 atom stereocenters. The Bertz CT molecular complexity index is 699. The molecule has 26 heavy (non-hydrogen) atoms. The van der Waals surface area contributed by atoms with Gasteiger partial charge in [-0.05, 0) is 51.6 Å². The lowest BCUT2D eigenvalue weighted by molar-refractivity contribution is 0.0407. The first-order valence-corrected chi connectivity index (χ1v) is 9.19. The molecule has 0 saturated carbocycles. The summed E-state index contributed by atoms with van der Waals surface area (Å²) >= 11 is 0. The number of urea groups is 1.